The molecular weight excluding hydrogens is 280 g/mol. The van der Waals surface area contributed by atoms with Crippen LogP contribution in [0.15, 0.2) is 29.6 Å². The Morgan fingerprint density at radius 2 is 2.15 bits per heavy atom. The molecule has 1 N–H and O–H groups in total. The molecule has 20 heavy (non-hydrogen) atoms. The largest absolute Gasteiger partial charge is 0.496 e. The Balaban J connectivity index is 2.23. The molecule has 1 aromatic carbocycles. The lowest BCUT2D eigenvalue weighted by Gasteiger charge is -2.17. The Kier molecular flexibility index (Phi) is 5.09. The van der Waals surface area contributed by atoms with Gasteiger partial charge in [-0.3, -0.25) is 0 Å². The van der Waals surface area contributed by atoms with Gasteiger partial charge in [-0.05, 0) is 30.7 Å². The highest BCUT2D eigenvalue weighted by Crippen LogP contribution is 2.29. The van der Waals surface area contributed by atoms with Gasteiger partial charge in [0, 0.05) is 16.3 Å². The number of rotatable bonds is 6. The van der Waals surface area contributed by atoms with Gasteiger partial charge in [-0.1, -0.05) is 19.1 Å². The third-order valence-electron chi connectivity index (χ3n) is 3.08. The molecule has 108 valence electrons. The molecule has 0 bridgehead atoms. The van der Waals surface area contributed by atoms with Crippen molar-refractivity contribution in [1.29, 1.82) is 0 Å². The molecule has 0 aliphatic carbocycles. The summed E-state index contributed by atoms with van der Waals surface area (Å²) in [6.45, 7) is 2.74. The van der Waals surface area contributed by atoms with Crippen molar-refractivity contribution >= 4 is 11.3 Å². The Morgan fingerprint density at radius 3 is 2.80 bits per heavy atom. The monoisotopic (exact) mass is 297 g/mol. The van der Waals surface area contributed by atoms with Crippen LogP contribution in [0.1, 0.15) is 23.4 Å². The lowest BCUT2D eigenvalue weighted by Crippen LogP contribution is -2.22. The Labute approximate surface area is 121 Å². The van der Waals surface area contributed by atoms with Gasteiger partial charge in [-0.25, -0.2) is 8.78 Å². The van der Waals surface area contributed by atoms with Gasteiger partial charge in [0.1, 0.15) is 5.75 Å². The van der Waals surface area contributed by atoms with Gasteiger partial charge < -0.3 is 10.1 Å². The highest BCUT2D eigenvalue weighted by atomic mass is 32.1. The van der Waals surface area contributed by atoms with Crippen molar-refractivity contribution in [3.05, 3.63) is 51.7 Å². The van der Waals surface area contributed by atoms with Crippen molar-refractivity contribution < 1.29 is 13.5 Å². The molecule has 0 aliphatic rings. The van der Waals surface area contributed by atoms with Gasteiger partial charge in [0.05, 0.1) is 7.11 Å². The van der Waals surface area contributed by atoms with E-state index in [1.165, 1.54) is 6.07 Å². The number of halogens is 2. The summed E-state index contributed by atoms with van der Waals surface area (Å²) in [6.07, 6.45) is 0.404. The van der Waals surface area contributed by atoms with E-state index >= 15 is 0 Å². The molecule has 0 saturated carbocycles. The molecule has 1 aromatic heterocycles. The normalized spacial score (nSPS) is 12.4. The van der Waals surface area contributed by atoms with Crippen LogP contribution >= 0.6 is 11.3 Å². The van der Waals surface area contributed by atoms with Crippen LogP contribution in [0.2, 0.25) is 0 Å². The summed E-state index contributed by atoms with van der Waals surface area (Å²) in [4.78, 5) is 1.05. The van der Waals surface area contributed by atoms with E-state index in [1.807, 2.05) is 18.4 Å². The quantitative estimate of drug-likeness (QED) is 0.872. The van der Waals surface area contributed by atoms with Gasteiger partial charge in [0.15, 0.2) is 11.6 Å². The number of ether oxygens (including phenoxy) is 1. The molecule has 1 unspecified atom stereocenters. The zero-order chi connectivity index (χ0) is 14.5. The number of hydrogen-bond donors (Lipinski definition) is 1. The number of likely N-dealkylation sites (N-methyl/N-ethyl adjacent to an activating group) is 1. The average molecular weight is 297 g/mol. The minimum atomic E-state index is -0.804. The van der Waals surface area contributed by atoms with Gasteiger partial charge in [-0.15, -0.1) is 11.3 Å². The molecule has 1 heterocycles. The fourth-order valence-electron chi connectivity index (χ4n) is 2.07. The van der Waals surface area contributed by atoms with E-state index in [1.54, 1.807) is 24.5 Å². The van der Waals surface area contributed by atoms with Crippen molar-refractivity contribution in [2.45, 2.75) is 19.4 Å². The molecule has 0 spiro atoms. The molecule has 0 amide bonds. The first-order valence-electron chi connectivity index (χ1n) is 6.44. The second kappa shape index (κ2) is 6.81. The van der Waals surface area contributed by atoms with Gasteiger partial charge >= 0.3 is 0 Å². The topological polar surface area (TPSA) is 21.3 Å². The summed E-state index contributed by atoms with van der Waals surface area (Å²) in [6, 6.07) is 6.16. The summed E-state index contributed by atoms with van der Waals surface area (Å²) in [5.41, 5.74) is 0.378. The first-order chi connectivity index (χ1) is 9.65. The standard InChI is InChI=1S/C15H17F2NOS/c1-3-18-13(14-8-11(19-2)9-20-14)7-10-5-4-6-12(16)15(10)17/h4-6,8-9,13,18H,3,7H2,1-2H3. The summed E-state index contributed by atoms with van der Waals surface area (Å²) in [5, 5.41) is 5.20. The van der Waals surface area contributed by atoms with E-state index in [9.17, 15) is 8.78 Å². The van der Waals surface area contributed by atoms with Crippen molar-refractivity contribution in [2.75, 3.05) is 13.7 Å². The SMILES string of the molecule is CCNC(Cc1cccc(F)c1F)c1cc(OC)cs1. The van der Waals surface area contributed by atoms with Crippen LogP contribution < -0.4 is 10.1 Å². The fourth-order valence-corrected chi connectivity index (χ4v) is 3.00. The highest BCUT2D eigenvalue weighted by Gasteiger charge is 2.17. The third kappa shape index (κ3) is 3.35. The molecular formula is C15H17F2NOS. The smallest absolute Gasteiger partial charge is 0.162 e. The van der Waals surface area contributed by atoms with Crippen molar-refractivity contribution in [1.82, 2.24) is 5.32 Å². The third-order valence-corrected chi connectivity index (χ3v) is 4.11. The maximum Gasteiger partial charge on any atom is 0.162 e. The number of nitrogens with one attached hydrogen (secondary N) is 1. The van der Waals surface area contributed by atoms with E-state index in [0.717, 1.165) is 23.2 Å². The van der Waals surface area contributed by atoms with Crippen LogP contribution in [0.5, 0.6) is 5.75 Å². The first-order valence-corrected chi connectivity index (χ1v) is 7.32. The average Bonchev–Trinajstić information content (AvgIpc) is 2.92. The number of methoxy groups -OCH3 is 1. The van der Waals surface area contributed by atoms with Gasteiger partial charge in [-0.2, -0.15) is 0 Å². The van der Waals surface area contributed by atoms with Crippen LogP contribution in [-0.4, -0.2) is 13.7 Å². The van der Waals surface area contributed by atoms with Crippen LogP contribution in [0.3, 0.4) is 0 Å². The molecule has 2 aromatic rings. The minimum Gasteiger partial charge on any atom is -0.496 e. The molecule has 5 heteroatoms. The summed E-state index contributed by atoms with van der Waals surface area (Å²) in [5.74, 6) is -0.784. The lowest BCUT2D eigenvalue weighted by atomic mass is 10.0. The molecule has 0 saturated heterocycles. The zero-order valence-electron chi connectivity index (χ0n) is 11.5. The number of benzene rings is 1. The molecule has 0 aliphatic heterocycles. The van der Waals surface area contributed by atoms with Crippen molar-refractivity contribution in [3.8, 4) is 5.75 Å². The molecule has 1 atom stereocenters. The lowest BCUT2D eigenvalue weighted by molar-refractivity contribution is 0.415. The molecule has 2 rings (SSSR count). The van der Waals surface area contributed by atoms with Gasteiger partial charge in [0.25, 0.3) is 0 Å². The predicted octanol–water partition coefficient (Wildman–Crippen LogP) is 3.93. The molecule has 0 radical (unpaired) electrons. The van der Waals surface area contributed by atoms with E-state index in [-0.39, 0.29) is 6.04 Å². The zero-order valence-corrected chi connectivity index (χ0v) is 12.3. The van der Waals surface area contributed by atoms with E-state index in [2.05, 4.69) is 5.32 Å². The Bertz CT molecular complexity index is 571. The fraction of sp³-hybridized carbons (Fsp3) is 0.333. The van der Waals surface area contributed by atoms with Crippen LogP contribution in [0.25, 0.3) is 0 Å². The minimum absolute atomic E-state index is 0.0507. The molecule has 2 nitrogen and oxygen atoms in total. The van der Waals surface area contributed by atoms with E-state index < -0.39 is 11.6 Å². The first kappa shape index (κ1) is 14.9. The summed E-state index contributed by atoms with van der Waals surface area (Å²) < 4.78 is 32.2. The number of thiophene rings is 1. The predicted molar refractivity (Wildman–Crippen MR) is 77.4 cm³/mol. The van der Waals surface area contributed by atoms with E-state index in [0.29, 0.717) is 12.0 Å². The Hall–Kier alpha value is -1.46. The van der Waals surface area contributed by atoms with E-state index in [4.69, 9.17) is 4.74 Å². The highest BCUT2D eigenvalue weighted by molar-refractivity contribution is 7.10. The van der Waals surface area contributed by atoms with Crippen LogP contribution in [0.4, 0.5) is 8.78 Å². The van der Waals surface area contributed by atoms with Crippen molar-refractivity contribution in [3.63, 3.8) is 0 Å². The second-order valence-electron chi connectivity index (χ2n) is 4.42. The maximum absolute atomic E-state index is 13.8. The molecule has 0 fully saturated rings. The second-order valence-corrected chi connectivity index (χ2v) is 5.36. The van der Waals surface area contributed by atoms with Crippen LogP contribution in [-0.2, 0) is 6.42 Å². The Morgan fingerprint density at radius 1 is 1.35 bits per heavy atom. The maximum atomic E-state index is 13.8. The van der Waals surface area contributed by atoms with Gasteiger partial charge in [0.2, 0.25) is 0 Å². The summed E-state index contributed by atoms with van der Waals surface area (Å²) >= 11 is 1.55. The number of hydrogen-bond acceptors (Lipinski definition) is 3. The van der Waals surface area contributed by atoms with Crippen LogP contribution in [0, 0.1) is 11.6 Å². The summed E-state index contributed by atoms with van der Waals surface area (Å²) in [7, 11) is 1.61. The van der Waals surface area contributed by atoms with Crippen molar-refractivity contribution in [2.24, 2.45) is 0 Å².